The average molecular weight is 366 g/mol. The molecule has 0 bridgehead atoms. The molecule has 2 amide bonds. The molecule has 6 nitrogen and oxygen atoms in total. The van der Waals surface area contributed by atoms with E-state index in [1.165, 1.54) is 11.3 Å². The molecular formula is C19H18N4O2S. The Balaban J connectivity index is 1.45. The lowest BCUT2D eigenvalue weighted by molar-refractivity contribution is -0.157. The number of hydrogen-bond acceptors (Lipinski definition) is 5. The molecule has 7 heteroatoms. The fraction of sp³-hybridized carbons (Fsp3) is 0.316. The molecule has 2 aromatic rings. The van der Waals surface area contributed by atoms with Crippen molar-refractivity contribution in [2.75, 3.05) is 13.1 Å². The number of benzene rings is 1. The lowest BCUT2D eigenvalue weighted by atomic mass is 10.1. The van der Waals surface area contributed by atoms with Crippen LogP contribution in [0.25, 0.3) is 10.6 Å². The molecule has 1 aromatic heterocycles. The summed E-state index contributed by atoms with van der Waals surface area (Å²) >= 11 is 1.46. The van der Waals surface area contributed by atoms with Gasteiger partial charge in [-0.1, -0.05) is 35.6 Å². The summed E-state index contributed by atoms with van der Waals surface area (Å²) in [5, 5.41) is 10.0. The minimum Gasteiger partial charge on any atom is -0.326 e. The second-order valence-corrected chi connectivity index (χ2v) is 7.44. The monoisotopic (exact) mass is 366 g/mol. The van der Waals surface area contributed by atoms with E-state index < -0.39 is 11.8 Å². The molecule has 1 unspecified atom stereocenters. The molecule has 26 heavy (non-hydrogen) atoms. The summed E-state index contributed by atoms with van der Waals surface area (Å²) in [5.74, 6) is -0.914. The fourth-order valence-electron chi connectivity index (χ4n) is 3.21. The molecule has 1 saturated heterocycles. The van der Waals surface area contributed by atoms with Crippen molar-refractivity contribution in [3.05, 3.63) is 52.7 Å². The number of hydrogen-bond donors (Lipinski definition) is 0. The summed E-state index contributed by atoms with van der Waals surface area (Å²) in [5.41, 5.74) is 5.17. The van der Waals surface area contributed by atoms with Crippen molar-refractivity contribution in [3.63, 3.8) is 0 Å². The molecule has 132 valence electrons. The lowest BCUT2D eigenvalue weighted by Gasteiger charge is -2.36. The van der Waals surface area contributed by atoms with Gasteiger partial charge in [-0.05, 0) is 31.1 Å². The van der Waals surface area contributed by atoms with Crippen LogP contribution < -0.4 is 0 Å². The largest absolute Gasteiger partial charge is 0.326 e. The van der Waals surface area contributed by atoms with Crippen LogP contribution in [0.3, 0.4) is 0 Å². The Kier molecular flexibility index (Phi) is 4.41. The highest BCUT2D eigenvalue weighted by Crippen LogP contribution is 2.27. The number of aromatic nitrogens is 2. The van der Waals surface area contributed by atoms with Gasteiger partial charge in [-0.3, -0.25) is 9.59 Å². The molecule has 2 heterocycles. The van der Waals surface area contributed by atoms with E-state index in [1.54, 1.807) is 9.80 Å². The van der Waals surface area contributed by atoms with E-state index in [9.17, 15) is 9.59 Å². The van der Waals surface area contributed by atoms with Crippen molar-refractivity contribution in [3.8, 4) is 10.6 Å². The van der Waals surface area contributed by atoms with Gasteiger partial charge in [0, 0.05) is 18.7 Å². The van der Waals surface area contributed by atoms with Crippen LogP contribution in [0, 0.1) is 6.92 Å². The molecule has 1 fully saturated rings. The fourth-order valence-corrected chi connectivity index (χ4v) is 4.16. The summed E-state index contributed by atoms with van der Waals surface area (Å²) in [6.07, 6.45) is 4.47. The van der Waals surface area contributed by atoms with Crippen molar-refractivity contribution >= 4 is 23.2 Å². The van der Waals surface area contributed by atoms with Crippen LogP contribution in [0.5, 0.6) is 0 Å². The highest BCUT2D eigenvalue weighted by molar-refractivity contribution is 7.14. The van der Waals surface area contributed by atoms with Gasteiger partial charge in [-0.25, -0.2) is 0 Å². The number of rotatable bonds is 4. The lowest BCUT2D eigenvalue weighted by Crippen LogP contribution is -2.56. The number of nitrogens with zero attached hydrogens (tertiary/aromatic N) is 4. The van der Waals surface area contributed by atoms with Crippen molar-refractivity contribution in [2.45, 2.75) is 25.9 Å². The molecule has 1 atom stereocenters. The molecular weight excluding hydrogens is 348 g/mol. The number of piperazine rings is 1. The maximum atomic E-state index is 12.5. The molecule has 0 spiro atoms. The predicted molar refractivity (Wildman–Crippen MR) is 98.3 cm³/mol. The van der Waals surface area contributed by atoms with Crippen LogP contribution >= 0.6 is 11.3 Å². The quantitative estimate of drug-likeness (QED) is 0.614. The smallest absolute Gasteiger partial charge is 0.312 e. The van der Waals surface area contributed by atoms with Gasteiger partial charge in [0.15, 0.2) is 0 Å². The first-order chi connectivity index (χ1) is 12.6. The van der Waals surface area contributed by atoms with E-state index in [0.29, 0.717) is 19.6 Å². The van der Waals surface area contributed by atoms with E-state index in [4.69, 9.17) is 0 Å². The molecule has 0 saturated carbocycles. The van der Waals surface area contributed by atoms with E-state index in [1.807, 2.05) is 43.3 Å². The Morgan fingerprint density at radius 2 is 2.04 bits per heavy atom. The number of carbonyl (C=O) groups excluding carboxylic acids is 2. The van der Waals surface area contributed by atoms with Crippen LogP contribution in [-0.4, -0.2) is 50.9 Å². The standard InChI is InChI=1S/C19H18N4O2S/c1-13-6-2-5-9-15(13)17-21-20-16(26-17)12-22-10-11-23(19(25)18(22)24)14-7-3-4-8-14/h2-3,5-6,8-9,14H,7,10-12H2,1H3. The zero-order chi connectivity index (χ0) is 18.1. The molecule has 1 aliphatic carbocycles. The van der Waals surface area contributed by atoms with Gasteiger partial charge in [0.25, 0.3) is 0 Å². The number of carbonyl (C=O) groups is 2. The van der Waals surface area contributed by atoms with E-state index >= 15 is 0 Å². The normalized spacial score (nSPS) is 19.7. The molecule has 2 aliphatic rings. The minimum absolute atomic E-state index is 0.0391. The van der Waals surface area contributed by atoms with Gasteiger partial charge in [0.1, 0.15) is 10.0 Å². The van der Waals surface area contributed by atoms with Gasteiger partial charge in [0.05, 0.1) is 12.6 Å². The van der Waals surface area contributed by atoms with Crippen molar-refractivity contribution < 1.29 is 9.59 Å². The van der Waals surface area contributed by atoms with Crippen LogP contribution in [0.2, 0.25) is 0 Å². The molecule has 0 radical (unpaired) electrons. The first kappa shape index (κ1) is 16.7. The van der Waals surface area contributed by atoms with Gasteiger partial charge in [0.2, 0.25) is 0 Å². The zero-order valence-corrected chi connectivity index (χ0v) is 15.2. The highest BCUT2D eigenvalue weighted by Gasteiger charge is 2.36. The highest BCUT2D eigenvalue weighted by atomic mass is 32.1. The third kappa shape index (κ3) is 3.07. The topological polar surface area (TPSA) is 66.4 Å². The van der Waals surface area contributed by atoms with Crippen molar-refractivity contribution in [2.24, 2.45) is 0 Å². The van der Waals surface area contributed by atoms with Crippen LogP contribution in [0.1, 0.15) is 17.0 Å². The van der Waals surface area contributed by atoms with Gasteiger partial charge < -0.3 is 9.80 Å². The third-order valence-electron chi connectivity index (χ3n) is 4.68. The number of aryl methyl sites for hydroxylation is 1. The third-order valence-corrected chi connectivity index (χ3v) is 5.62. The minimum atomic E-state index is -0.468. The molecule has 1 aliphatic heterocycles. The summed E-state index contributed by atoms with van der Waals surface area (Å²) < 4.78 is 0. The van der Waals surface area contributed by atoms with Crippen molar-refractivity contribution in [1.29, 1.82) is 0 Å². The first-order valence-corrected chi connectivity index (χ1v) is 9.34. The van der Waals surface area contributed by atoms with Crippen LogP contribution in [0.15, 0.2) is 42.1 Å². The van der Waals surface area contributed by atoms with Gasteiger partial charge in [-0.15, -0.1) is 15.9 Å². The van der Waals surface area contributed by atoms with Crippen LogP contribution in [-0.2, 0) is 16.1 Å². The van der Waals surface area contributed by atoms with E-state index in [-0.39, 0.29) is 6.04 Å². The van der Waals surface area contributed by atoms with Crippen LogP contribution in [0.4, 0.5) is 0 Å². The average Bonchev–Trinajstić information content (AvgIpc) is 3.32. The Hall–Kier alpha value is -2.76. The molecule has 1 aromatic carbocycles. The van der Waals surface area contributed by atoms with E-state index in [0.717, 1.165) is 27.6 Å². The maximum absolute atomic E-state index is 12.5. The van der Waals surface area contributed by atoms with Gasteiger partial charge in [-0.2, -0.15) is 0 Å². The summed E-state index contributed by atoms with van der Waals surface area (Å²) in [6.45, 7) is 3.39. The Bertz CT molecular complexity index is 929. The zero-order valence-electron chi connectivity index (χ0n) is 14.4. The predicted octanol–water partition coefficient (Wildman–Crippen LogP) is 2.17. The summed E-state index contributed by atoms with van der Waals surface area (Å²) in [7, 11) is 0. The van der Waals surface area contributed by atoms with Crippen molar-refractivity contribution in [1.82, 2.24) is 20.0 Å². The second-order valence-electron chi connectivity index (χ2n) is 6.38. The second kappa shape index (κ2) is 6.86. The first-order valence-electron chi connectivity index (χ1n) is 8.53. The number of amides is 2. The molecule has 0 N–H and O–H groups in total. The Labute approximate surface area is 155 Å². The summed E-state index contributed by atoms with van der Waals surface area (Å²) in [6, 6.07) is 7.96. The molecule has 4 rings (SSSR count). The van der Waals surface area contributed by atoms with E-state index in [2.05, 4.69) is 15.9 Å². The Morgan fingerprint density at radius 3 is 2.81 bits per heavy atom. The Morgan fingerprint density at radius 1 is 1.19 bits per heavy atom. The SMILES string of the molecule is Cc1ccccc1-c1nnc(CN2CCN(C3C=C=CC3)C(=O)C2=O)s1. The summed E-state index contributed by atoms with van der Waals surface area (Å²) in [4.78, 5) is 28.1. The van der Waals surface area contributed by atoms with Gasteiger partial charge >= 0.3 is 11.8 Å². The maximum Gasteiger partial charge on any atom is 0.312 e.